The molecule has 0 aliphatic rings. The molecular weight excluding hydrogens is 216 g/mol. The van der Waals surface area contributed by atoms with Crippen molar-refractivity contribution < 1.29 is 0 Å². The number of pyridine rings is 1. The van der Waals surface area contributed by atoms with Gasteiger partial charge >= 0.3 is 0 Å². The fraction of sp³-hybridized carbons (Fsp3) is 0.385. The van der Waals surface area contributed by atoms with Crippen molar-refractivity contribution in [3.63, 3.8) is 0 Å². The first-order valence-corrected chi connectivity index (χ1v) is 6.35. The molecule has 2 rings (SSSR count). The van der Waals surface area contributed by atoms with E-state index in [2.05, 4.69) is 41.3 Å². The largest absolute Gasteiger partial charge is 0.258 e. The van der Waals surface area contributed by atoms with Gasteiger partial charge in [-0.1, -0.05) is 13.8 Å². The van der Waals surface area contributed by atoms with Gasteiger partial charge in [-0.05, 0) is 31.9 Å². The molecule has 0 bridgehead atoms. The van der Waals surface area contributed by atoms with Crippen molar-refractivity contribution in [2.45, 2.75) is 33.6 Å². The zero-order valence-corrected chi connectivity index (χ0v) is 10.9. The minimum Gasteiger partial charge on any atom is -0.258 e. The van der Waals surface area contributed by atoms with Crippen LogP contribution in [0.25, 0.3) is 10.6 Å². The lowest BCUT2D eigenvalue weighted by atomic mass is 10.1. The van der Waals surface area contributed by atoms with Crippen LogP contribution in [0.2, 0.25) is 0 Å². The van der Waals surface area contributed by atoms with Gasteiger partial charge in [0.25, 0.3) is 0 Å². The zero-order valence-electron chi connectivity index (χ0n) is 10.1. The van der Waals surface area contributed by atoms with E-state index in [9.17, 15) is 0 Å². The molecule has 0 radical (unpaired) electrons. The molecule has 0 saturated heterocycles. The Bertz CT molecular complexity index is 480. The fourth-order valence-corrected chi connectivity index (χ4v) is 2.61. The lowest BCUT2D eigenvalue weighted by Crippen LogP contribution is -1.89. The summed E-state index contributed by atoms with van der Waals surface area (Å²) in [5.74, 6) is 0.494. The van der Waals surface area contributed by atoms with Gasteiger partial charge in [0.05, 0.1) is 5.69 Å². The Morgan fingerprint density at radius 1 is 1.06 bits per heavy atom. The molecule has 16 heavy (non-hydrogen) atoms. The van der Waals surface area contributed by atoms with Crippen molar-refractivity contribution in [2.75, 3.05) is 0 Å². The lowest BCUT2D eigenvalue weighted by Gasteiger charge is -2.01. The van der Waals surface area contributed by atoms with E-state index in [0.717, 1.165) is 16.4 Å². The standard InChI is InChI=1S/C13H16N2S/c1-8(2)12-7-16-13(15-12)11-5-9(3)14-10(4)6-11/h5-8H,1-4H3. The van der Waals surface area contributed by atoms with Gasteiger partial charge in [0, 0.05) is 22.3 Å². The van der Waals surface area contributed by atoms with E-state index in [1.165, 1.54) is 11.3 Å². The number of rotatable bonds is 2. The molecule has 0 aliphatic carbocycles. The van der Waals surface area contributed by atoms with Crippen LogP contribution in [0.5, 0.6) is 0 Å². The van der Waals surface area contributed by atoms with Crippen LogP contribution in [0.15, 0.2) is 17.5 Å². The summed E-state index contributed by atoms with van der Waals surface area (Å²) < 4.78 is 0. The lowest BCUT2D eigenvalue weighted by molar-refractivity contribution is 0.834. The Balaban J connectivity index is 2.42. The molecule has 84 valence electrons. The van der Waals surface area contributed by atoms with Crippen LogP contribution in [0.4, 0.5) is 0 Å². The van der Waals surface area contributed by atoms with E-state index in [1.807, 2.05) is 13.8 Å². The minimum absolute atomic E-state index is 0.494. The van der Waals surface area contributed by atoms with Crippen molar-refractivity contribution >= 4 is 11.3 Å². The van der Waals surface area contributed by atoms with E-state index in [-0.39, 0.29) is 0 Å². The summed E-state index contributed by atoms with van der Waals surface area (Å²) in [7, 11) is 0. The number of thiazole rings is 1. The third kappa shape index (κ3) is 2.30. The molecule has 0 unspecified atom stereocenters. The first kappa shape index (κ1) is 11.3. The number of hydrogen-bond acceptors (Lipinski definition) is 3. The number of aromatic nitrogens is 2. The average molecular weight is 232 g/mol. The summed E-state index contributed by atoms with van der Waals surface area (Å²) in [5, 5.41) is 3.24. The molecule has 0 spiro atoms. The van der Waals surface area contributed by atoms with Crippen LogP contribution in [-0.4, -0.2) is 9.97 Å². The van der Waals surface area contributed by atoms with E-state index in [0.29, 0.717) is 5.92 Å². The second kappa shape index (κ2) is 4.34. The Labute approximate surface area is 100 Å². The van der Waals surface area contributed by atoms with E-state index >= 15 is 0 Å². The van der Waals surface area contributed by atoms with E-state index in [4.69, 9.17) is 0 Å². The maximum absolute atomic E-state index is 4.65. The highest BCUT2D eigenvalue weighted by atomic mass is 32.1. The van der Waals surface area contributed by atoms with Crippen LogP contribution in [0, 0.1) is 13.8 Å². The van der Waals surface area contributed by atoms with Crippen molar-refractivity contribution in [1.82, 2.24) is 9.97 Å². The molecule has 0 aromatic carbocycles. The molecule has 2 aromatic rings. The predicted molar refractivity (Wildman–Crippen MR) is 68.9 cm³/mol. The average Bonchev–Trinajstić information content (AvgIpc) is 2.64. The summed E-state index contributed by atoms with van der Waals surface area (Å²) in [4.78, 5) is 9.03. The Hall–Kier alpha value is -1.22. The zero-order chi connectivity index (χ0) is 11.7. The van der Waals surface area contributed by atoms with Gasteiger partial charge in [-0.2, -0.15) is 0 Å². The number of hydrogen-bond donors (Lipinski definition) is 0. The maximum Gasteiger partial charge on any atom is 0.123 e. The van der Waals surface area contributed by atoms with Crippen molar-refractivity contribution in [3.8, 4) is 10.6 Å². The van der Waals surface area contributed by atoms with Gasteiger partial charge in [-0.25, -0.2) is 4.98 Å². The second-order valence-corrected chi connectivity index (χ2v) is 5.23. The second-order valence-electron chi connectivity index (χ2n) is 4.37. The first-order chi connectivity index (χ1) is 7.56. The molecule has 0 atom stereocenters. The van der Waals surface area contributed by atoms with Gasteiger partial charge in [0.15, 0.2) is 0 Å². The summed E-state index contributed by atoms with van der Waals surface area (Å²) in [6.07, 6.45) is 0. The van der Waals surface area contributed by atoms with Gasteiger partial charge in [0.2, 0.25) is 0 Å². The molecule has 0 fully saturated rings. The highest BCUT2D eigenvalue weighted by molar-refractivity contribution is 7.13. The van der Waals surface area contributed by atoms with Crippen LogP contribution in [0.3, 0.4) is 0 Å². The fourth-order valence-electron chi connectivity index (χ4n) is 1.64. The third-order valence-corrected chi connectivity index (χ3v) is 3.35. The number of nitrogens with zero attached hydrogens (tertiary/aromatic N) is 2. The first-order valence-electron chi connectivity index (χ1n) is 5.47. The maximum atomic E-state index is 4.65. The SMILES string of the molecule is Cc1cc(-c2nc(C(C)C)cs2)cc(C)n1. The summed E-state index contributed by atoms with van der Waals surface area (Å²) in [6, 6.07) is 4.19. The highest BCUT2D eigenvalue weighted by Crippen LogP contribution is 2.27. The highest BCUT2D eigenvalue weighted by Gasteiger charge is 2.08. The van der Waals surface area contributed by atoms with Crippen LogP contribution < -0.4 is 0 Å². The molecule has 2 nitrogen and oxygen atoms in total. The Morgan fingerprint density at radius 2 is 1.69 bits per heavy atom. The molecule has 0 aliphatic heterocycles. The smallest absolute Gasteiger partial charge is 0.123 e. The Kier molecular flexibility index (Phi) is 3.06. The van der Waals surface area contributed by atoms with Gasteiger partial charge in [-0.15, -0.1) is 11.3 Å². The number of aryl methyl sites for hydroxylation is 2. The monoisotopic (exact) mass is 232 g/mol. The third-order valence-electron chi connectivity index (χ3n) is 2.44. The van der Waals surface area contributed by atoms with Crippen LogP contribution in [-0.2, 0) is 0 Å². The molecule has 3 heteroatoms. The molecule has 2 heterocycles. The van der Waals surface area contributed by atoms with Crippen molar-refractivity contribution in [1.29, 1.82) is 0 Å². The molecule has 0 N–H and O–H groups in total. The van der Waals surface area contributed by atoms with E-state index in [1.54, 1.807) is 11.3 Å². The molecule has 0 amide bonds. The molecular formula is C13H16N2S. The molecule has 0 saturated carbocycles. The van der Waals surface area contributed by atoms with E-state index < -0.39 is 0 Å². The van der Waals surface area contributed by atoms with Crippen LogP contribution >= 0.6 is 11.3 Å². The van der Waals surface area contributed by atoms with Gasteiger partial charge < -0.3 is 0 Å². The van der Waals surface area contributed by atoms with Crippen molar-refractivity contribution in [3.05, 3.63) is 34.6 Å². The summed E-state index contributed by atoms with van der Waals surface area (Å²) >= 11 is 1.71. The topological polar surface area (TPSA) is 25.8 Å². The predicted octanol–water partition coefficient (Wildman–Crippen LogP) is 3.95. The summed E-state index contributed by atoms with van der Waals surface area (Å²) in [6.45, 7) is 8.38. The minimum atomic E-state index is 0.494. The van der Waals surface area contributed by atoms with Crippen molar-refractivity contribution in [2.24, 2.45) is 0 Å². The molecule has 2 aromatic heterocycles. The summed E-state index contributed by atoms with van der Waals surface area (Å²) in [5.41, 5.74) is 4.46. The quantitative estimate of drug-likeness (QED) is 0.783. The van der Waals surface area contributed by atoms with Gasteiger partial charge in [-0.3, -0.25) is 4.98 Å². The Morgan fingerprint density at radius 3 is 2.19 bits per heavy atom. The van der Waals surface area contributed by atoms with Crippen LogP contribution in [0.1, 0.15) is 36.8 Å². The van der Waals surface area contributed by atoms with Gasteiger partial charge in [0.1, 0.15) is 5.01 Å². The normalized spacial score (nSPS) is 11.1.